The molecule has 2 aliphatic rings. The number of alkyl halides is 6. The van der Waals surface area contributed by atoms with Crippen LogP contribution in [0.5, 0.6) is 0 Å². The summed E-state index contributed by atoms with van der Waals surface area (Å²) in [6, 6.07) is 46.7. The fraction of sp³-hybridized carbons (Fsp3) is 0.333. The van der Waals surface area contributed by atoms with Crippen LogP contribution in [0.3, 0.4) is 0 Å². The van der Waals surface area contributed by atoms with Gasteiger partial charge in [0.2, 0.25) is 5.60 Å². The molecule has 1 aliphatic carbocycles. The van der Waals surface area contributed by atoms with Gasteiger partial charge in [-0.1, -0.05) is 178 Å². The van der Waals surface area contributed by atoms with E-state index in [1.807, 2.05) is 50.2 Å². The Balaban J connectivity index is 0.000000238. The summed E-state index contributed by atoms with van der Waals surface area (Å²) in [4.78, 5) is 58.5. The first kappa shape index (κ1) is 78.2. The third-order valence-corrected chi connectivity index (χ3v) is 18.3. The first-order valence-corrected chi connectivity index (χ1v) is 33.6. The Labute approximate surface area is 551 Å². The minimum absolute atomic E-state index is 0.00920. The number of hydrogen-bond donors (Lipinski definition) is 2. The van der Waals surface area contributed by atoms with E-state index in [0.717, 1.165) is 24.3 Å². The van der Waals surface area contributed by atoms with E-state index in [1.54, 1.807) is 81.1 Å². The fourth-order valence-corrected chi connectivity index (χ4v) is 12.5. The van der Waals surface area contributed by atoms with E-state index in [-0.39, 0.29) is 17.7 Å². The third kappa shape index (κ3) is 19.6. The monoisotopic (exact) mass is 1400 g/mol. The van der Waals surface area contributed by atoms with Crippen LogP contribution in [0.4, 0.5) is 26.3 Å². The molecule has 0 spiro atoms. The Kier molecular flexibility index (Phi) is 27.3. The molecule has 0 radical (unpaired) electrons. The Hall–Kier alpha value is -8.49. The van der Waals surface area contributed by atoms with Crippen LogP contribution < -0.4 is 0 Å². The number of aromatic nitrogens is 2. The van der Waals surface area contributed by atoms with Crippen molar-refractivity contribution in [3.63, 3.8) is 0 Å². The van der Waals surface area contributed by atoms with Gasteiger partial charge in [0.15, 0.2) is 0 Å². The summed E-state index contributed by atoms with van der Waals surface area (Å²) >= 11 is 0. The predicted molar refractivity (Wildman–Crippen MR) is 335 cm³/mol. The number of carbonyl (C=O) groups excluding carboxylic acids is 4. The Bertz CT molecular complexity index is 3720. The minimum atomic E-state index is -5.21. The number of esters is 4. The Morgan fingerprint density at radius 2 is 0.812 bits per heavy atom. The molecule has 5 aromatic carbocycles. The van der Waals surface area contributed by atoms with E-state index >= 15 is 0 Å². The normalized spacial score (nSPS) is 18.6. The summed E-state index contributed by atoms with van der Waals surface area (Å²) in [6.07, 6.45) is -6.98. The lowest BCUT2D eigenvalue weighted by Gasteiger charge is -2.35. The molecule has 7 unspecified atom stereocenters. The summed E-state index contributed by atoms with van der Waals surface area (Å²) in [7, 11) is -11.8. The number of methoxy groups -OCH3 is 2. The summed E-state index contributed by atoms with van der Waals surface area (Å²) in [5.41, 5.74) is -10.3. The predicted octanol–water partition coefficient (Wildman–Crippen LogP) is 11.4. The average Bonchev–Trinajstić information content (AvgIpc) is 1.34. The molecule has 3 heterocycles. The maximum atomic E-state index is 13.9. The molecule has 0 amide bonds. The van der Waals surface area contributed by atoms with Crippen molar-refractivity contribution in [1.29, 1.82) is 0 Å². The van der Waals surface area contributed by atoms with Crippen molar-refractivity contribution in [2.45, 2.75) is 88.0 Å². The number of hydrogen-bond acceptors (Lipinski definition) is 19. The number of fused-ring (bicyclic) bond motifs is 2. The summed E-state index contributed by atoms with van der Waals surface area (Å²) in [5, 5.41) is 0. The SMILES string of the molecule is CCOS(=O)(=O)CC(OC(=O)C12CCC(C)(C(=O)O1)C2(C)C)c1ccccc1.COC(C(=O)OC(CS(=O)(=O)O)c1ccccc1)(c1ccccc1)C(F)(F)F.COC(C(=O)OC(CS(=O)(=O)O)c1ccccc1)(c1ccccc1)C(F)(F)F.c1ccncc1.c1ccncc1. The van der Waals surface area contributed by atoms with Gasteiger partial charge in [-0.05, 0) is 67.6 Å². The van der Waals surface area contributed by atoms with Gasteiger partial charge < -0.3 is 28.4 Å². The highest BCUT2D eigenvalue weighted by Gasteiger charge is 2.77. The molecule has 1 saturated carbocycles. The lowest BCUT2D eigenvalue weighted by Crippen LogP contribution is -2.52. The van der Waals surface area contributed by atoms with Crippen LogP contribution in [0.2, 0.25) is 0 Å². The second kappa shape index (κ2) is 33.5. The highest BCUT2D eigenvalue weighted by molar-refractivity contribution is 7.86. The standard InChI is InChI=1S/C20H26O7S.2C18H17F3O6S.2C5H5N/c1-5-25-28(23,24)13-15(14-9-7-6-8-10-14)26-17(22)20-12-11-19(4,16(21)27-20)18(20,2)3;2*1-26-17(18(19,20)21,14-10-6-3-7-11-14)16(22)27-15(12-28(23,24)25)13-8-4-2-5-9-13;2*1-2-4-6-5-3-1/h6-10,15H,5,11-13H2,1-4H3;2*2-11,15H,12H2,1H3,(H,23,24,25);2*1-5H. The molecular formula is C66H70F6N2O19S3. The van der Waals surface area contributed by atoms with Crippen molar-refractivity contribution >= 4 is 54.2 Å². The molecule has 2 N–H and O–H groups in total. The molecule has 1 aliphatic heterocycles. The molecule has 96 heavy (non-hydrogen) atoms. The van der Waals surface area contributed by atoms with Crippen LogP contribution in [0.1, 0.15) is 86.7 Å². The van der Waals surface area contributed by atoms with Gasteiger partial charge in [0, 0.05) is 55.5 Å². The molecule has 7 aromatic rings. The van der Waals surface area contributed by atoms with Crippen molar-refractivity contribution in [2.75, 3.05) is 38.1 Å². The van der Waals surface area contributed by atoms with E-state index in [1.165, 1.54) is 84.9 Å². The molecule has 2 fully saturated rings. The van der Waals surface area contributed by atoms with E-state index in [0.29, 0.717) is 32.6 Å². The quantitative estimate of drug-likeness (QED) is 0.0222. The van der Waals surface area contributed by atoms with Gasteiger partial charge in [0.1, 0.15) is 35.6 Å². The van der Waals surface area contributed by atoms with Gasteiger partial charge in [0.05, 0.1) is 12.0 Å². The minimum Gasteiger partial charge on any atom is -0.454 e. The zero-order valence-electron chi connectivity index (χ0n) is 52.4. The topological polar surface area (TPSA) is 302 Å². The molecule has 7 atom stereocenters. The Morgan fingerprint density at radius 3 is 1.05 bits per heavy atom. The van der Waals surface area contributed by atoms with Crippen molar-refractivity contribution in [2.24, 2.45) is 10.8 Å². The molecule has 2 aromatic heterocycles. The van der Waals surface area contributed by atoms with Gasteiger partial charge in [0.25, 0.3) is 41.6 Å². The lowest BCUT2D eigenvalue weighted by atomic mass is 9.66. The van der Waals surface area contributed by atoms with Gasteiger partial charge in [-0.15, -0.1) is 0 Å². The average molecular weight is 1410 g/mol. The van der Waals surface area contributed by atoms with E-state index in [4.69, 9.17) is 32.2 Å². The summed E-state index contributed by atoms with van der Waals surface area (Å²) < 4.78 is 206. The summed E-state index contributed by atoms with van der Waals surface area (Å²) in [6.45, 7) is 7.00. The summed E-state index contributed by atoms with van der Waals surface area (Å²) in [5.74, 6) is -7.59. The van der Waals surface area contributed by atoms with Gasteiger partial charge in [-0.2, -0.15) is 51.6 Å². The fourth-order valence-electron chi connectivity index (χ4n) is 10.1. The second-order valence-electron chi connectivity index (χ2n) is 21.8. The van der Waals surface area contributed by atoms with Crippen molar-refractivity contribution in [3.05, 3.63) is 241 Å². The molecule has 21 nitrogen and oxygen atoms in total. The largest absolute Gasteiger partial charge is 0.454 e. The maximum absolute atomic E-state index is 13.9. The van der Waals surface area contributed by atoms with Crippen molar-refractivity contribution in [3.8, 4) is 0 Å². The van der Waals surface area contributed by atoms with E-state index in [9.17, 15) is 70.8 Å². The number of rotatable bonds is 21. The molecule has 1 saturated heterocycles. The molecule has 518 valence electrons. The maximum Gasteiger partial charge on any atom is 0.432 e. The molecule has 30 heteroatoms. The lowest BCUT2D eigenvalue weighted by molar-refractivity contribution is -0.279. The van der Waals surface area contributed by atoms with Crippen LogP contribution in [0.15, 0.2) is 213 Å². The van der Waals surface area contributed by atoms with Gasteiger partial charge in [-0.25, -0.2) is 14.4 Å². The number of carbonyl (C=O) groups is 4. The van der Waals surface area contributed by atoms with Gasteiger partial charge >= 0.3 is 36.2 Å². The number of nitrogens with zero attached hydrogens (tertiary/aromatic N) is 2. The molecule has 9 rings (SSSR count). The first-order chi connectivity index (χ1) is 45.0. The van der Waals surface area contributed by atoms with Crippen LogP contribution in [-0.4, -0.2) is 124 Å². The van der Waals surface area contributed by atoms with Crippen LogP contribution in [0, 0.1) is 10.8 Å². The first-order valence-electron chi connectivity index (χ1n) is 28.8. The zero-order chi connectivity index (χ0) is 71.3. The van der Waals surface area contributed by atoms with Crippen LogP contribution in [0.25, 0.3) is 0 Å². The molecule has 2 bridgehead atoms. The second-order valence-corrected chi connectivity index (χ2v) is 26.4. The smallest absolute Gasteiger partial charge is 0.432 e. The number of benzene rings is 5. The number of ether oxygens (including phenoxy) is 6. The highest BCUT2D eigenvalue weighted by Crippen LogP contribution is 2.66. The zero-order valence-corrected chi connectivity index (χ0v) is 54.9. The van der Waals surface area contributed by atoms with Gasteiger partial charge in [-0.3, -0.25) is 28.1 Å². The third-order valence-electron chi connectivity index (χ3n) is 15.5. The van der Waals surface area contributed by atoms with Crippen molar-refractivity contribution < 1.29 is 112 Å². The number of pyridine rings is 2. The van der Waals surface area contributed by atoms with Crippen molar-refractivity contribution in [1.82, 2.24) is 9.97 Å². The Morgan fingerprint density at radius 1 is 0.500 bits per heavy atom. The highest BCUT2D eigenvalue weighted by atomic mass is 32.2. The van der Waals surface area contributed by atoms with E-state index < -0.39 is 141 Å². The van der Waals surface area contributed by atoms with Crippen LogP contribution in [-0.2, 0) is 93.3 Å². The van der Waals surface area contributed by atoms with Crippen LogP contribution >= 0.6 is 0 Å². The molecular weight excluding hydrogens is 1330 g/mol. The number of halogens is 6. The van der Waals surface area contributed by atoms with E-state index in [2.05, 4.69) is 19.4 Å².